The first-order chi connectivity index (χ1) is 9.83. The van der Waals surface area contributed by atoms with E-state index in [1.165, 1.54) is 16.8 Å². The first kappa shape index (κ1) is 14.7. The Hall–Kier alpha value is -1.67. The van der Waals surface area contributed by atoms with E-state index in [0.29, 0.717) is 6.04 Å². The number of aryl methyl sites for hydroxylation is 2. The Bertz CT molecular complexity index is 491. The van der Waals surface area contributed by atoms with Gasteiger partial charge in [-0.3, -0.25) is 4.98 Å². The molecule has 106 valence electrons. The van der Waals surface area contributed by atoms with Crippen molar-refractivity contribution in [3.8, 4) is 0 Å². The first-order valence-corrected chi connectivity index (χ1v) is 7.49. The molecule has 1 unspecified atom stereocenters. The smallest absolute Gasteiger partial charge is 0.0403 e. The predicted molar refractivity (Wildman–Crippen MR) is 84.8 cm³/mol. The van der Waals surface area contributed by atoms with Gasteiger partial charge in [-0.15, -0.1) is 0 Å². The number of hydrogen-bond donors (Lipinski definition) is 1. The van der Waals surface area contributed by atoms with Crippen molar-refractivity contribution in [3.63, 3.8) is 0 Å². The van der Waals surface area contributed by atoms with Crippen molar-refractivity contribution in [1.29, 1.82) is 0 Å². The third kappa shape index (κ3) is 4.17. The van der Waals surface area contributed by atoms with Crippen LogP contribution in [0.3, 0.4) is 0 Å². The highest BCUT2D eigenvalue weighted by atomic mass is 14.9. The minimum atomic E-state index is 0.436. The molecule has 0 aliphatic heterocycles. The molecule has 2 aromatic rings. The Balaban J connectivity index is 1.84. The zero-order chi connectivity index (χ0) is 14.2. The molecule has 1 N–H and O–H groups in total. The first-order valence-electron chi connectivity index (χ1n) is 7.49. The lowest BCUT2D eigenvalue weighted by atomic mass is 10.0. The van der Waals surface area contributed by atoms with E-state index >= 15 is 0 Å². The lowest BCUT2D eigenvalue weighted by molar-refractivity contribution is 0.525. The van der Waals surface area contributed by atoms with Crippen LogP contribution in [0.1, 0.15) is 42.6 Å². The number of aromatic nitrogens is 1. The Morgan fingerprint density at radius 1 is 1.10 bits per heavy atom. The number of pyridine rings is 1. The molecule has 0 saturated carbocycles. The zero-order valence-electron chi connectivity index (χ0n) is 12.5. The van der Waals surface area contributed by atoms with Gasteiger partial charge in [0.2, 0.25) is 0 Å². The molecule has 1 aromatic heterocycles. The van der Waals surface area contributed by atoms with Gasteiger partial charge in [-0.1, -0.05) is 43.3 Å². The van der Waals surface area contributed by atoms with Gasteiger partial charge < -0.3 is 5.32 Å². The summed E-state index contributed by atoms with van der Waals surface area (Å²) in [7, 11) is 2.03. The molecule has 0 aliphatic carbocycles. The molecule has 0 bridgehead atoms. The SMILES string of the molecule is CCc1ccc(CCCC(NC)c2ccccc2)nc1. The van der Waals surface area contributed by atoms with Crippen LogP contribution in [0.15, 0.2) is 48.7 Å². The van der Waals surface area contributed by atoms with Crippen LogP contribution in [0, 0.1) is 0 Å². The molecular weight excluding hydrogens is 244 g/mol. The summed E-state index contributed by atoms with van der Waals surface area (Å²) in [5, 5.41) is 3.40. The fourth-order valence-corrected chi connectivity index (χ4v) is 2.46. The van der Waals surface area contributed by atoms with Gasteiger partial charge in [0.25, 0.3) is 0 Å². The summed E-state index contributed by atoms with van der Waals surface area (Å²) in [6.45, 7) is 2.16. The van der Waals surface area contributed by atoms with E-state index in [1.807, 2.05) is 13.2 Å². The van der Waals surface area contributed by atoms with Gasteiger partial charge in [-0.25, -0.2) is 0 Å². The standard InChI is InChI=1S/C18H24N2/c1-3-15-12-13-17(20-14-15)10-7-11-18(19-2)16-8-5-4-6-9-16/h4-6,8-9,12-14,18-19H,3,7,10-11H2,1-2H3. The molecule has 2 nitrogen and oxygen atoms in total. The number of rotatable bonds is 7. The molecule has 0 aliphatic rings. The molecule has 0 amide bonds. The van der Waals surface area contributed by atoms with E-state index in [9.17, 15) is 0 Å². The Morgan fingerprint density at radius 3 is 2.50 bits per heavy atom. The van der Waals surface area contributed by atoms with Crippen molar-refractivity contribution in [2.45, 2.75) is 38.6 Å². The number of nitrogens with one attached hydrogen (secondary N) is 1. The molecule has 1 heterocycles. The van der Waals surface area contributed by atoms with Gasteiger partial charge in [-0.05, 0) is 49.9 Å². The summed E-state index contributed by atoms with van der Waals surface area (Å²) < 4.78 is 0. The van der Waals surface area contributed by atoms with Crippen molar-refractivity contribution in [2.75, 3.05) is 7.05 Å². The highest BCUT2D eigenvalue weighted by Crippen LogP contribution is 2.18. The van der Waals surface area contributed by atoms with Gasteiger partial charge >= 0.3 is 0 Å². The van der Waals surface area contributed by atoms with Crippen molar-refractivity contribution >= 4 is 0 Å². The summed E-state index contributed by atoms with van der Waals surface area (Å²) in [6.07, 6.45) is 6.40. The minimum absolute atomic E-state index is 0.436. The van der Waals surface area contributed by atoms with Crippen LogP contribution < -0.4 is 5.32 Å². The van der Waals surface area contributed by atoms with Crippen LogP contribution in [0.2, 0.25) is 0 Å². The Kier molecular flexibility index (Phi) is 5.75. The molecule has 20 heavy (non-hydrogen) atoms. The maximum Gasteiger partial charge on any atom is 0.0403 e. The molecule has 2 rings (SSSR count). The summed E-state index contributed by atoms with van der Waals surface area (Å²) in [5.41, 5.74) is 3.88. The molecule has 0 fully saturated rings. The van der Waals surface area contributed by atoms with E-state index in [0.717, 1.165) is 25.7 Å². The molecule has 1 atom stereocenters. The van der Waals surface area contributed by atoms with E-state index in [2.05, 4.69) is 59.7 Å². The second-order valence-corrected chi connectivity index (χ2v) is 5.16. The average Bonchev–Trinajstić information content (AvgIpc) is 2.53. The monoisotopic (exact) mass is 268 g/mol. The predicted octanol–water partition coefficient (Wildman–Crippen LogP) is 3.93. The van der Waals surface area contributed by atoms with Gasteiger partial charge in [0.05, 0.1) is 0 Å². The summed E-state index contributed by atoms with van der Waals surface area (Å²) in [6, 6.07) is 15.4. The van der Waals surface area contributed by atoms with E-state index in [-0.39, 0.29) is 0 Å². The van der Waals surface area contributed by atoms with Crippen molar-refractivity contribution in [3.05, 3.63) is 65.5 Å². The lowest BCUT2D eigenvalue weighted by Crippen LogP contribution is -2.16. The third-order valence-electron chi connectivity index (χ3n) is 3.77. The maximum absolute atomic E-state index is 4.52. The topological polar surface area (TPSA) is 24.9 Å². The van der Waals surface area contributed by atoms with Crippen molar-refractivity contribution < 1.29 is 0 Å². The van der Waals surface area contributed by atoms with Crippen molar-refractivity contribution in [1.82, 2.24) is 10.3 Å². The molecule has 0 spiro atoms. The number of benzene rings is 1. The van der Waals surface area contributed by atoms with E-state index in [4.69, 9.17) is 0 Å². The molecule has 0 saturated heterocycles. The highest BCUT2D eigenvalue weighted by molar-refractivity contribution is 5.19. The zero-order valence-corrected chi connectivity index (χ0v) is 12.5. The van der Waals surface area contributed by atoms with Crippen LogP contribution >= 0.6 is 0 Å². The minimum Gasteiger partial charge on any atom is -0.313 e. The Labute approximate surface area is 122 Å². The van der Waals surface area contributed by atoms with E-state index < -0.39 is 0 Å². The second-order valence-electron chi connectivity index (χ2n) is 5.16. The highest BCUT2D eigenvalue weighted by Gasteiger charge is 2.08. The van der Waals surface area contributed by atoms with Gasteiger partial charge in [-0.2, -0.15) is 0 Å². The molecule has 1 aromatic carbocycles. The number of hydrogen-bond acceptors (Lipinski definition) is 2. The van der Waals surface area contributed by atoms with E-state index in [1.54, 1.807) is 0 Å². The van der Waals surface area contributed by atoms with Crippen LogP contribution in [-0.2, 0) is 12.8 Å². The summed E-state index contributed by atoms with van der Waals surface area (Å²) >= 11 is 0. The molecule has 2 heteroatoms. The van der Waals surface area contributed by atoms with Crippen LogP contribution in [0.25, 0.3) is 0 Å². The number of nitrogens with zero attached hydrogens (tertiary/aromatic N) is 1. The fourth-order valence-electron chi connectivity index (χ4n) is 2.46. The van der Waals surface area contributed by atoms with Crippen molar-refractivity contribution in [2.24, 2.45) is 0 Å². The molecule has 0 radical (unpaired) electrons. The quantitative estimate of drug-likeness (QED) is 0.823. The third-order valence-corrected chi connectivity index (χ3v) is 3.77. The van der Waals surface area contributed by atoms with Gasteiger partial charge in [0.15, 0.2) is 0 Å². The van der Waals surface area contributed by atoms with Crippen LogP contribution in [0.5, 0.6) is 0 Å². The summed E-state index contributed by atoms with van der Waals surface area (Å²) in [5.74, 6) is 0. The second kappa shape index (κ2) is 7.81. The van der Waals surface area contributed by atoms with Gasteiger partial charge in [0, 0.05) is 17.9 Å². The normalized spacial score (nSPS) is 12.3. The molecular formula is C18H24N2. The lowest BCUT2D eigenvalue weighted by Gasteiger charge is -2.16. The summed E-state index contributed by atoms with van der Waals surface area (Å²) in [4.78, 5) is 4.52. The van der Waals surface area contributed by atoms with Crippen LogP contribution in [0.4, 0.5) is 0 Å². The average molecular weight is 268 g/mol. The largest absolute Gasteiger partial charge is 0.313 e. The fraction of sp³-hybridized carbons (Fsp3) is 0.389. The van der Waals surface area contributed by atoms with Crippen LogP contribution in [-0.4, -0.2) is 12.0 Å². The maximum atomic E-state index is 4.52. The van der Waals surface area contributed by atoms with Gasteiger partial charge in [0.1, 0.15) is 0 Å². The Morgan fingerprint density at radius 2 is 1.90 bits per heavy atom.